The van der Waals surface area contributed by atoms with Crippen molar-refractivity contribution in [1.29, 1.82) is 0 Å². The summed E-state index contributed by atoms with van der Waals surface area (Å²) in [6.45, 7) is 1.96. The Kier molecular flexibility index (Phi) is 3.37. The van der Waals surface area contributed by atoms with Gasteiger partial charge >= 0.3 is 6.18 Å². The Morgan fingerprint density at radius 1 is 1.50 bits per heavy atom. The molecule has 2 unspecified atom stereocenters. The number of ether oxygens (including phenoxy) is 1. The van der Waals surface area contributed by atoms with E-state index >= 15 is 0 Å². The average Bonchev–Trinajstić information content (AvgIpc) is 2.07. The fraction of sp³-hybridized carbons (Fsp3) is 0.600. The van der Waals surface area contributed by atoms with Crippen LogP contribution in [0.2, 0.25) is 0 Å². The number of rotatable bonds is 2. The third-order valence-electron chi connectivity index (χ3n) is 2.18. The predicted molar refractivity (Wildman–Crippen MR) is 47.9 cm³/mol. The molecule has 0 fully saturated rings. The summed E-state index contributed by atoms with van der Waals surface area (Å²) in [5.41, 5.74) is 0.207. The zero-order valence-corrected chi connectivity index (χ0v) is 8.14. The topological polar surface area (TPSA) is 9.23 Å². The second-order valence-corrected chi connectivity index (χ2v) is 3.43. The molecule has 0 heterocycles. The highest BCUT2D eigenvalue weighted by molar-refractivity contribution is 5.28. The fourth-order valence-electron chi connectivity index (χ4n) is 1.40. The lowest BCUT2D eigenvalue weighted by Crippen LogP contribution is -2.32. The number of hydrogen-bond acceptors (Lipinski definition) is 1. The maximum Gasteiger partial charge on any atom is 0.418 e. The van der Waals surface area contributed by atoms with E-state index in [1.165, 1.54) is 6.08 Å². The first-order valence-electron chi connectivity index (χ1n) is 4.43. The molecule has 0 saturated carbocycles. The maximum absolute atomic E-state index is 12.4. The highest BCUT2D eigenvalue weighted by atomic mass is 19.4. The summed E-state index contributed by atoms with van der Waals surface area (Å²) in [5.74, 6) is 0.310. The highest BCUT2D eigenvalue weighted by Gasteiger charge is 2.41. The van der Waals surface area contributed by atoms with Gasteiger partial charge in [-0.05, 0) is 17.9 Å². The second kappa shape index (κ2) is 4.17. The van der Waals surface area contributed by atoms with Gasteiger partial charge in [-0.15, -0.1) is 0 Å². The van der Waals surface area contributed by atoms with Crippen molar-refractivity contribution in [3.8, 4) is 0 Å². The van der Waals surface area contributed by atoms with Gasteiger partial charge in [0.05, 0.1) is 0 Å². The minimum Gasteiger partial charge on any atom is -0.367 e. The van der Waals surface area contributed by atoms with E-state index in [2.05, 4.69) is 4.74 Å². The van der Waals surface area contributed by atoms with Crippen molar-refractivity contribution in [3.63, 3.8) is 0 Å². The zero-order chi connectivity index (χ0) is 10.8. The van der Waals surface area contributed by atoms with Crippen LogP contribution < -0.4 is 0 Å². The molecule has 0 aliphatic heterocycles. The highest BCUT2D eigenvalue weighted by Crippen LogP contribution is 2.31. The van der Waals surface area contributed by atoms with E-state index in [4.69, 9.17) is 0 Å². The number of alkyl halides is 3. The summed E-state index contributed by atoms with van der Waals surface area (Å²) in [7, 11) is 1.07. The van der Waals surface area contributed by atoms with Gasteiger partial charge in [0.1, 0.15) is 0 Å². The molecular formula is C10H13F3O. The van der Waals surface area contributed by atoms with E-state index in [-0.39, 0.29) is 5.57 Å². The van der Waals surface area contributed by atoms with E-state index < -0.39 is 12.3 Å². The Morgan fingerprint density at radius 2 is 2.14 bits per heavy atom. The predicted octanol–water partition coefficient (Wildman–Crippen LogP) is 3.09. The standard InChI is InChI=1S/C10H13F3O/c1-7-3-5-8(6-4-7)9(14-2)10(11,12)13/h3,5-7,9H,4H2,1-2H3. The van der Waals surface area contributed by atoms with Crippen molar-refractivity contribution >= 4 is 0 Å². The number of allylic oxidation sites excluding steroid dienone is 2. The SMILES string of the molecule is COC(C1=CCC(C)C=C1)C(F)(F)F. The molecule has 14 heavy (non-hydrogen) atoms. The molecule has 2 atom stereocenters. The van der Waals surface area contributed by atoms with Gasteiger partial charge < -0.3 is 4.74 Å². The molecule has 0 aromatic heterocycles. The first-order valence-corrected chi connectivity index (χ1v) is 4.43. The molecule has 1 nitrogen and oxygen atoms in total. The van der Waals surface area contributed by atoms with Gasteiger partial charge in [0.25, 0.3) is 0 Å². The van der Waals surface area contributed by atoms with E-state index in [0.29, 0.717) is 12.3 Å². The van der Waals surface area contributed by atoms with Gasteiger partial charge in [0.15, 0.2) is 6.10 Å². The van der Waals surface area contributed by atoms with Crippen LogP contribution in [0.5, 0.6) is 0 Å². The lowest BCUT2D eigenvalue weighted by atomic mass is 9.95. The maximum atomic E-state index is 12.4. The molecule has 0 bridgehead atoms. The van der Waals surface area contributed by atoms with Gasteiger partial charge in [-0.2, -0.15) is 13.2 Å². The average molecular weight is 206 g/mol. The van der Waals surface area contributed by atoms with Crippen LogP contribution in [0.3, 0.4) is 0 Å². The van der Waals surface area contributed by atoms with Crippen molar-refractivity contribution in [2.45, 2.75) is 25.6 Å². The van der Waals surface area contributed by atoms with E-state index in [0.717, 1.165) is 7.11 Å². The van der Waals surface area contributed by atoms with Crippen molar-refractivity contribution < 1.29 is 17.9 Å². The van der Waals surface area contributed by atoms with Crippen LogP contribution in [-0.4, -0.2) is 19.4 Å². The molecule has 4 heteroatoms. The molecule has 80 valence electrons. The van der Waals surface area contributed by atoms with E-state index in [1.807, 2.05) is 6.92 Å². The van der Waals surface area contributed by atoms with Crippen molar-refractivity contribution in [2.24, 2.45) is 5.92 Å². The van der Waals surface area contributed by atoms with Crippen LogP contribution in [0.25, 0.3) is 0 Å². The minimum atomic E-state index is -4.33. The van der Waals surface area contributed by atoms with Gasteiger partial charge in [-0.3, -0.25) is 0 Å². The molecule has 0 spiro atoms. The monoisotopic (exact) mass is 206 g/mol. The summed E-state index contributed by atoms with van der Waals surface area (Å²) in [4.78, 5) is 0. The lowest BCUT2D eigenvalue weighted by Gasteiger charge is -2.22. The molecule has 0 amide bonds. The minimum absolute atomic E-state index is 0.207. The first kappa shape index (κ1) is 11.3. The summed E-state index contributed by atoms with van der Waals surface area (Å²) < 4.78 is 41.7. The quantitative estimate of drug-likeness (QED) is 0.674. The first-order chi connectivity index (χ1) is 6.45. The Bertz CT molecular complexity index is 253. The normalized spacial score (nSPS) is 24.6. The fourth-order valence-corrected chi connectivity index (χ4v) is 1.40. The van der Waals surface area contributed by atoms with Gasteiger partial charge in [0.2, 0.25) is 0 Å². The Morgan fingerprint density at radius 3 is 2.50 bits per heavy atom. The summed E-state index contributed by atoms with van der Waals surface area (Å²) in [6.07, 6.45) is -0.617. The van der Waals surface area contributed by atoms with Gasteiger partial charge in [0, 0.05) is 7.11 Å². The van der Waals surface area contributed by atoms with Crippen LogP contribution in [-0.2, 0) is 4.74 Å². The third kappa shape index (κ3) is 2.61. The zero-order valence-electron chi connectivity index (χ0n) is 8.14. The van der Waals surface area contributed by atoms with Crippen LogP contribution in [0.1, 0.15) is 13.3 Å². The Hall–Kier alpha value is -0.770. The van der Waals surface area contributed by atoms with Crippen molar-refractivity contribution in [1.82, 2.24) is 0 Å². The molecule has 1 rings (SSSR count). The Labute approximate surface area is 81.2 Å². The molecule has 1 aliphatic carbocycles. The molecule has 1 aliphatic rings. The van der Waals surface area contributed by atoms with E-state index in [9.17, 15) is 13.2 Å². The smallest absolute Gasteiger partial charge is 0.367 e. The molecule has 0 aromatic rings. The number of methoxy groups -OCH3 is 1. The van der Waals surface area contributed by atoms with Gasteiger partial charge in [-0.25, -0.2) is 0 Å². The summed E-state index contributed by atoms with van der Waals surface area (Å²) in [5, 5.41) is 0. The van der Waals surface area contributed by atoms with Gasteiger partial charge in [-0.1, -0.05) is 25.2 Å². The summed E-state index contributed by atoms with van der Waals surface area (Å²) >= 11 is 0. The third-order valence-corrected chi connectivity index (χ3v) is 2.18. The molecule has 0 radical (unpaired) electrons. The molecule has 0 N–H and O–H groups in total. The van der Waals surface area contributed by atoms with Crippen molar-refractivity contribution in [3.05, 3.63) is 23.8 Å². The molecule has 0 saturated heterocycles. The van der Waals surface area contributed by atoms with Crippen LogP contribution in [0.4, 0.5) is 13.2 Å². The van der Waals surface area contributed by atoms with Crippen LogP contribution >= 0.6 is 0 Å². The van der Waals surface area contributed by atoms with Crippen LogP contribution in [0, 0.1) is 5.92 Å². The van der Waals surface area contributed by atoms with E-state index in [1.54, 1.807) is 12.2 Å². The van der Waals surface area contributed by atoms with Crippen molar-refractivity contribution in [2.75, 3.05) is 7.11 Å². The molecular weight excluding hydrogens is 193 g/mol. The second-order valence-electron chi connectivity index (χ2n) is 3.43. The van der Waals surface area contributed by atoms with Crippen LogP contribution in [0.15, 0.2) is 23.8 Å². The lowest BCUT2D eigenvalue weighted by molar-refractivity contribution is -0.199. The molecule has 0 aromatic carbocycles. The number of hydrogen-bond donors (Lipinski definition) is 0. The Balaban J connectivity index is 2.77. The number of halogens is 3. The summed E-state index contributed by atoms with van der Waals surface area (Å²) in [6, 6.07) is 0. The largest absolute Gasteiger partial charge is 0.418 e.